The van der Waals surface area contributed by atoms with Gasteiger partial charge in [-0.05, 0) is 42.7 Å². The van der Waals surface area contributed by atoms with Crippen LogP contribution in [0.3, 0.4) is 0 Å². The third kappa shape index (κ3) is 4.90. The Bertz CT molecular complexity index is 1290. The van der Waals surface area contributed by atoms with E-state index in [1.54, 1.807) is 25.3 Å². The molecular formula is C25H26N4O4. The van der Waals surface area contributed by atoms with Crippen molar-refractivity contribution in [1.82, 2.24) is 20.8 Å². The number of amides is 2. The molecule has 8 nitrogen and oxygen atoms in total. The zero-order chi connectivity index (χ0) is 23.4. The van der Waals surface area contributed by atoms with Crippen LogP contribution in [0.2, 0.25) is 0 Å². The Morgan fingerprint density at radius 1 is 1.12 bits per heavy atom. The number of aromatic nitrogens is 2. The number of H-pyrrole nitrogens is 1. The standard InChI is InChI=1S/C25H26N4O4/c1-15-8-9-16(11-23(15)32-3)24(30)28-18(12-19-13-22(29-33-19)25(31)26-2)10-17-14-27-21-7-5-4-6-20(17)21/h4-9,11,13-14,18,27H,10,12H2,1-3H3,(H,26,31)(H,28,30). The highest BCUT2D eigenvalue weighted by Crippen LogP contribution is 2.22. The first kappa shape index (κ1) is 22.1. The highest BCUT2D eigenvalue weighted by Gasteiger charge is 2.21. The molecule has 3 N–H and O–H groups in total. The predicted octanol–water partition coefficient (Wildman–Crippen LogP) is 3.42. The van der Waals surface area contributed by atoms with Crippen molar-refractivity contribution in [2.45, 2.75) is 25.8 Å². The number of para-hydroxylation sites is 1. The Labute approximate surface area is 191 Å². The molecule has 0 aliphatic heterocycles. The number of benzene rings is 2. The highest BCUT2D eigenvalue weighted by molar-refractivity contribution is 5.95. The van der Waals surface area contributed by atoms with Crippen molar-refractivity contribution >= 4 is 22.7 Å². The van der Waals surface area contributed by atoms with Crippen LogP contribution < -0.4 is 15.4 Å². The number of ether oxygens (including phenoxy) is 1. The number of hydrogen-bond acceptors (Lipinski definition) is 5. The summed E-state index contributed by atoms with van der Waals surface area (Å²) in [5.41, 5.74) is 3.76. The SMILES string of the molecule is CNC(=O)c1cc(CC(Cc2c[nH]c3ccccc23)NC(=O)c2ccc(C)c(OC)c2)on1. The Morgan fingerprint density at radius 2 is 1.94 bits per heavy atom. The minimum atomic E-state index is -0.325. The van der Waals surface area contributed by atoms with E-state index in [2.05, 4.69) is 20.8 Å². The van der Waals surface area contributed by atoms with Gasteiger partial charge in [0.2, 0.25) is 0 Å². The monoisotopic (exact) mass is 446 g/mol. The molecular weight excluding hydrogens is 420 g/mol. The summed E-state index contributed by atoms with van der Waals surface area (Å²) in [4.78, 5) is 28.2. The number of carbonyl (C=O) groups is 2. The van der Waals surface area contributed by atoms with Crippen molar-refractivity contribution < 1.29 is 18.8 Å². The molecule has 0 aliphatic carbocycles. The maximum Gasteiger partial charge on any atom is 0.273 e. The fraction of sp³-hybridized carbons (Fsp3) is 0.240. The van der Waals surface area contributed by atoms with Crippen LogP contribution in [0.25, 0.3) is 10.9 Å². The fourth-order valence-corrected chi connectivity index (χ4v) is 3.86. The van der Waals surface area contributed by atoms with Gasteiger partial charge in [-0.1, -0.05) is 29.4 Å². The van der Waals surface area contributed by atoms with Crippen LogP contribution >= 0.6 is 0 Å². The third-order valence-corrected chi connectivity index (χ3v) is 5.61. The number of aryl methyl sites for hydroxylation is 1. The minimum absolute atomic E-state index is 0.202. The molecule has 0 aliphatic rings. The summed E-state index contributed by atoms with van der Waals surface area (Å²) in [5.74, 6) is 0.625. The van der Waals surface area contributed by atoms with Gasteiger partial charge < -0.3 is 24.9 Å². The predicted molar refractivity (Wildman–Crippen MR) is 125 cm³/mol. The summed E-state index contributed by atoms with van der Waals surface area (Å²) in [6, 6.07) is 14.7. The molecule has 4 aromatic rings. The van der Waals surface area contributed by atoms with Gasteiger partial charge in [0.1, 0.15) is 11.5 Å². The molecule has 2 heterocycles. The first-order valence-corrected chi connectivity index (χ1v) is 10.7. The molecule has 4 rings (SSSR count). The molecule has 0 radical (unpaired) electrons. The topological polar surface area (TPSA) is 109 Å². The van der Waals surface area contributed by atoms with Crippen molar-refractivity contribution in [3.8, 4) is 5.75 Å². The number of hydrogen-bond donors (Lipinski definition) is 3. The van der Waals surface area contributed by atoms with E-state index in [9.17, 15) is 9.59 Å². The molecule has 0 spiro atoms. The van der Waals surface area contributed by atoms with Gasteiger partial charge in [0, 0.05) is 48.2 Å². The van der Waals surface area contributed by atoms with Crippen LogP contribution in [-0.4, -0.2) is 42.2 Å². The molecule has 0 saturated heterocycles. The number of rotatable bonds is 8. The van der Waals surface area contributed by atoms with Gasteiger partial charge in [-0.15, -0.1) is 0 Å². The molecule has 2 amide bonds. The number of nitrogens with zero attached hydrogens (tertiary/aromatic N) is 1. The average Bonchev–Trinajstić information content (AvgIpc) is 3.46. The summed E-state index contributed by atoms with van der Waals surface area (Å²) in [6.45, 7) is 1.92. The largest absolute Gasteiger partial charge is 0.496 e. The molecule has 0 bridgehead atoms. The van der Waals surface area contributed by atoms with E-state index in [1.165, 1.54) is 7.05 Å². The summed E-state index contributed by atoms with van der Waals surface area (Å²) in [6.07, 6.45) is 2.89. The lowest BCUT2D eigenvalue weighted by Gasteiger charge is -2.18. The molecule has 0 fully saturated rings. The van der Waals surface area contributed by atoms with E-state index in [-0.39, 0.29) is 23.6 Å². The van der Waals surface area contributed by atoms with Crippen molar-refractivity contribution in [1.29, 1.82) is 0 Å². The zero-order valence-corrected chi connectivity index (χ0v) is 18.8. The van der Waals surface area contributed by atoms with Gasteiger partial charge in [0.05, 0.1) is 7.11 Å². The summed E-state index contributed by atoms with van der Waals surface area (Å²) >= 11 is 0. The van der Waals surface area contributed by atoms with Crippen molar-refractivity contribution in [3.05, 3.63) is 82.9 Å². The van der Waals surface area contributed by atoms with Gasteiger partial charge >= 0.3 is 0 Å². The lowest BCUT2D eigenvalue weighted by molar-refractivity contribution is 0.0933. The summed E-state index contributed by atoms with van der Waals surface area (Å²) in [7, 11) is 3.12. The number of aromatic amines is 1. The molecule has 0 saturated carbocycles. The summed E-state index contributed by atoms with van der Waals surface area (Å²) < 4.78 is 10.7. The highest BCUT2D eigenvalue weighted by atomic mass is 16.5. The van der Waals surface area contributed by atoms with Crippen molar-refractivity contribution in [2.75, 3.05) is 14.2 Å². The number of nitrogens with one attached hydrogen (secondary N) is 3. The maximum atomic E-state index is 13.1. The maximum absolute atomic E-state index is 13.1. The molecule has 2 aromatic carbocycles. The lowest BCUT2D eigenvalue weighted by Crippen LogP contribution is -2.38. The van der Waals surface area contributed by atoms with Crippen LogP contribution in [-0.2, 0) is 12.8 Å². The van der Waals surface area contributed by atoms with E-state index in [4.69, 9.17) is 9.26 Å². The molecule has 2 aromatic heterocycles. The quantitative estimate of drug-likeness (QED) is 0.384. The zero-order valence-electron chi connectivity index (χ0n) is 18.8. The van der Waals surface area contributed by atoms with E-state index in [0.29, 0.717) is 29.9 Å². The van der Waals surface area contributed by atoms with Gasteiger partial charge in [-0.25, -0.2) is 0 Å². The number of methoxy groups -OCH3 is 1. The second-order valence-corrected chi connectivity index (χ2v) is 7.88. The fourth-order valence-electron chi connectivity index (χ4n) is 3.86. The summed E-state index contributed by atoms with van der Waals surface area (Å²) in [5, 5.41) is 10.6. The van der Waals surface area contributed by atoms with Crippen molar-refractivity contribution in [2.24, 2.45) is 0 Å². The number of fused-ring (bicyclic) bond motifs is 1. The normalized spacial score (nSPS) is 11.8. The van der Waals surface area contributed by atoms with Gasteiger partial charge in [-0.2, -0.15) is 0 Å². The second kappa shape index (κ2) is 9.60. The minimum Gasteiger partial charge on any atom is -0.496 e. The molecule has 170 valence electrons. The Kier molecular flexibility index (Phi) is 6.44. The van der Waals surface area contributed by atoms with Crippen LogP contribution in [0.1, 0.15) is 37.7 Å². The number of carbonyl (C=O) groups excluding carboxylic acids is 2. The third-order valence-electron chi connectivity index (χ3n) is 5.61. The van der Waals surface area contributed by atoms with Crippen LogP contribution in [0.15, 0.2) is 59.3 Å². The van der Waals surface area contributed by atoms with E-state index in [1.807, 2.05) is 43.5 Å². The van der Waals surface area contributed by atoms with Crippen LogP contribution in [0.5, 0.6) is 5.75 Å². The Morgan fingerprint density at radius 3 is 2.73 bits per heavy atom. The van der Waals surface area contributed by atoms with Crippen molar-refractivity contribution in [3.63, 3.8) is 0 Å². The van der Waals surface area contributed by atoms with Crippen LogP contribution in [0, 0.1) is 6.92 Å². The smallest absolute Gasteiger partial charge is 0.273 e. The Balaban J connectivity index is 1.59. The molecule has 33 heavy (non-hydrogen) atoms. The molecule has 8 heteroatoms. The van der Waals surface area contributed by atoms with E-state index in [0.717, 1.165) is 22.0 Å². The van der Waals surface area contributed by atoms with Gasteiger partial charge in [-0.3, -0.25) is 9.59 Å². The first-order chi connectivity index (χ1) is 16.0. The molecule has 1 unspecified atom stereocenters. The Hall–Kier alpha value is -4.07. The van der Waals surface area contributed by atoms with E-state index < -0.39 is 0 Å². The van der Waals surface area contributed by atoms with E-state index >= 15 is 0 Å². The molecule has 1 atom stereocenters. The van der Waals surface area contributed by atoms with Gasteiger partial charge in [0.15, 0.2) is 5.69 Å². The van der Waals surface area contributed by atoms with Crippen LogP contribution in [0.4, 0.5) is 0 Å². The average molecular weight is 447 g/mol. The first-order valence-electron chi connectivity index (χ1n) is 10.7. The van der Waals surface area contributed by atoms with Gasteiger partial charge in [0.25, 0.3) is 11.8 Å². The second-order valence-electron chi connectivity index (χ2n) is 7.88. The lowest BCUT2D eigenvalue weighted by atomic mass is 10.0.